The number of ether oxygens (including phenoxy) is 1. The number of esters is 1. The molecular formula is C20H41O3P. The number of rotatable bonds is 13. The molecule has 0 N–H and O–H groups in total. The second-order valence-electron chi connectivity index (χ2n) is 6.51. The van der Waals surface area contributed by atoms with Gasteiger partial charge in [-0.1, -0.05) is 85.6 Å². The maximum Gasteiger partial charge on any atom is 0.329 e. The summed E-state index contributed by atoms with van der Waals surface area (Å²) in [6, 6.07) is 0. The summed E-state index contributed by atoms with van der Waals surface area (Å²) < 4.78 is 16.4. The first-order valence-corrected chi connectivity index (χ1v) is 11.5. The first-order chi connectivity index (χ1) is 11.5. The molecule has 0 saturated heterocycles. The van der Waals surface area contributed by atoms with Gasteiger partial charge in [0.15, 0.2) is 0 Å². The van der Waals surface area contributed by atoms with Crippen LogP contribution in [-0.2, 0) is 14.1 Å². The van der Waals surface area contributed by atoms with Crippen LogP contribution in [0.15, 0.2) is 12.7 Å². The van der Waals surface area contributed by atoms with Gasteiger partial charge in [-0.2, -0.15) is 0 Å². The Bertz CT molecular complexity index is 309. The summed E-state index contributed by atoms with van der Waals surface area (Å²) in [5.74, 6) is 1.05. The van der Waals surface area contributed by atoms with Gasteiger partial charge in [-0.3, -0.25) is 0 Å². The molecule has 0 aromatic heterocycles. The van der Waals surface area contributed by atoms with Gasteiger partial charge in [0.25, 0.3) is 0 Å². The number of carbonyl (C=O) groups excluding carboxylic acids is 1. The molecule has 2 unspecified atom stereocenters. The molecule has 4 heteroatoms. The lowest BCUT2D eigenvalue weighted by molar-refractivity contribution is -0.134. The van der Waals surface area contributed by atoms with Gasteiger partial charge in [0.1, 0.15) is 0 Å². The van der Waals surface area contributed by atoms with Gasteiger partial charge in [-0.05, 0) is 11.8 Å². The average Bonchev–Trinajstić information content (AvgIpc) is 2.61. The summed E-state index contributed by atoms with van der Waals surface area (Å²) >= 11 is 0. The van der Waals surface area contributed by atoms with Crippen LogP contribution >= 0.6 is 7.80 Å². The van der Waals surface area contributed by atoms with E-state index < -0.39 is 13.8 Å². The minimum atomic E-state index is -1.32. The smallest absolute Gasteiger partial charge is 0.329 e. The van der Waals surface area contributed by atoms with Gasteiger partial charge in [0.05, 0.1) is 14.9 Å². The zero-order chi connectivity index (χ0) is 18.8. The van der Waals surface area contributed by atoms with Crippen molar-refractivity contribution < 1.29 is 14.1 Å². The third kappa shape index (κ3) is 16.3. The molecule has 0 saturated carbocycles. The second kappa shape index (κ2) is 18.8. The van der Waals surface area contributed by atoms with Gasteiger partial charge in [0, 0.05) is 18.4 Å². The molecule has 2 atom stereocenters. The average molecular weight is 361 g/mol. The highest BCUT2D eigenvalue weighted by atomic mass is 31.1. The molecule has 144 valence electrons. The van der Waals surface area contributed by atoms with Gasteiger partial charge in [0.2, 0.25) is 0 Å². The normalized spacial score (nSPS) is 14.0. The van der Waals surface area contributed by atoms with Crippen molar-refractivity contribution in [3.63, 3.8) is 0 Å². The van der Waals surface area contributed by atoms with Crippen molar-refractivity contribution in [1.82, 2.24) is 0 Å². The van der Waals surface area contributed by atoms with E-state index in [2.05, 4.69) is 39.0 Å². The molecule has 0 aromatic carbocycles. The predicted octanol–water partition coefficient (Wildman–Crippen LogP) is 6.32. The van der Waals surface area contributed by atoms with Gasteiger partial charge in [-0.15, -0.1) is 0 Å². The van der Waals surface area contributed by atoms with Crippen LogP contribution < -0.4 is 0 Å². The van der Waals surface area contributed by atoms with E-state index in [9.17, 15) is 9.36 Å². The Kier molecular flexibility index (Phi) is 20.1. The summed E-state index contributed by atoms with van der Waals surface area (Å²) in [4.78, 5) is 9.84. The highest BCUT2D eigenvalue weighted by Crippen LogP contribution is 2.33. The Hall–Kier alpha value is -0.560. The SMILES string of the molecule is C=CC(=O)OC.CCCCC(CC)C[PH](=O)CC(CC)CCCC. The molecule has 3 nitrogen and oxygen atoms in total. The predicted molar refractivity (Wildman–Crippen MR) is 108 cm³/mol. The molecule has 24 heavy (non-hydrogen) atoms. The quantitative estimate of drug-likeness (QED) is 0.219. The van der Waals surface area contributed by atoms with E-state index in [4.69, 9.17) is 0 Å². The number of hydrogen-bond donors (Lipinski definition) is 0. The van der Waals surface area contributed by atoms with Crippen LogP contribution in [0, 0.1) is 11.8 Å². The fourth-order valence-electron chi connectivity index (χ4n) is 2.70. The van der Waals surface area contributed by atoms with Crippen molar-refractivity contribution >= 4 is 13.8 Å². The van der Waals surface area contributed by atoms with Gasteiger partial charge in [-0.25, -0.2) is 4.79 Å². The Morgan fingerprint density at radius 1 is 1.00 bits per heavy atom. The van der Waals surface area contributed by atoms with E-state index in [0.29, 0.717) is 0 Å². The molecule has 0 aliphatic rings. The van der Waals surface area contributed by atoms with Crippen molar-refractivity contribution in [1.29, 1.82) is 0 Å². The molecule has 0 bridgehead atoms. The van der Waals surface area contributed by atoms with Crippen molar-refractivity contribution in [2.75, 3.05) is 19.4 Å². The third-order valence-corrected chi connectivity index (χ3v) is 6.55. The molecule has 0 rings (SSSR count). The summed E-state index contributed by atoms with van der Waals surface area (Å²) in [7, 11) is -0.0117. The van der Waals surface area contributed by atoms with E-state index in [1.807, 2.05) is 0 Å². The van der Waals surface area contributed by atoms with Crippen LogP contribution in [0.4, 0.5) is 0 Å². The number of hydrogen-bond acceptors (Lipinski definition) is 3. The lowest BCUT2D eigenvalue weighted by atomic mass is 10.0. The van der Waals surface area contributed by atoms with E-state index in [1.54, 1.807) is 0 Å². The number of unbranched alkanes of at least 4 members (excludes halogenated alkanes) is 2. The fraction of sp³-hybridized carbons (Fsp3) is 0.850. The zero-order valence-electron chi connectivity index (χ0n) is 16.7. The monoisotopic (exact) mass is 360 g/mol. The number of methoxy groups -OCH3 is 1. The maximum absolute atomic E-state index is 12.3. The molecule has 0 radical (unpaired) electrons. The van der Waals surface area contributed by atoms with Gasteiger partial charge >= 0.3 is 5.97 Å². The van der Waals surface area contributed by atoms with Crippen LogP contribution in [-0.4, -0.2) is 25.4 Å². The van der Waals surface area contributed by atoms with Crippen LogP contribution in [0.2, 0.25) is 0 Å². The summed E-state index contributed by atoms with van der Waals surface area (Å²) in [5.41, 5.74) is 0. The lowest BCUT2D eigenvalue weighted by Gasteiger charge is -2.18. The topological polar surface area (TPSA) is 43.4 Å². The maximum atomic E-state index is 12.3. The molecule has 0 aliphatic heterocycles. The molecular weight excluding hydrogens is 319 g/mol. The fourth-order valence-corrected chi connectivity index (χ4v) is 5.14. The minimum Gasteiger partial charge on any atom is -0.466 e. The Morgan fingerprint density at radius 3 is 1.62 bits per heavy atom. The van der Waals surface area contributed by atoms with Crippen LogP contribution in [0.3, 0.4) is 0 Å². The van der Waals surface area contributed by atoms with Crippen LogP contribution in [0.25, 0.3) is 0 Å². The highest BCUT2D eigenvalue weighted by molar-refractivity contribution is 7.44. The first-order valence-electron chi connectivity index (χ1n) is 9.70. The second-order valence-corrected chi connectivity index (χ2v) is 8.40. The molecule has 0 aliphatic carbocycles. The summed E-state index contributed by atoms with van der Waals surface area (Å²) in [5, 5.41) is 0. The summed E-state index contributed by atoms with van der Waals surface area (Å²) in [6.07, 6.45) is 13.3. The Labute approximate surface area is 151 Å². The van der Waals surface area contributed by atoms with Crippen molar-refractivity contribution in [3.05, 3.63) is 12.7 Å². The van der Waals surface area contributed by atoms with E-state index in [1.165, 1.54) is 58.5 Å². The van der Waals surface area contributed by atoms with Crippen molar-refractivity contribution in [3.8, 4) is 0 Å². The van der Waals surface area contributed by atoms with E-state index in [-0.39, 0.29) is 0 Å². The van der Waals surface area contributed by atoms with Crippen molar-refractivity contribution in [2.24, 2.45) is 11.8 Å². The van der Waals surface area contributed by atoms with Crippen molar-refractivity contribution in [2.45, 2.75) is 79.1 Å². The van der Waals surface area contributed by atoms with E-state index in [0.717, 1.165) is 30.2 Å². The molecule has 0 fully saturated rings. The highest BCUT2D eigenvalue weighted by Gasteiger charge is 2.14. The molecule has 0 spiro atoms. The Balaban J connectivity index is 0. The largest absolute Gasteiger partial charge is 0.466 e. The van der Waals surface area contributed by atoms with Crippen LogP contribution in [0.1, 0.15) is 79.1 Å². The zero-order valence-corrected chi connectivity index (χ0v) is 17.7. The van der Waals surface area contributed by atoms with Crippen LogP contribution in [0.5, 0.6) is 0 Å². The minimum absolute atomic E-state index is 0.394. The Morgan fingerprint density at radius 2 is 1.42 bits per heavy atom. The third-order valence-electron chi connectivity index (χ3n) is 4.49. The number of carbonyl (C=O) groups is 1. The standard InChI is InChI=1S/C16H35OP.C4H6O2/c1-5-9-11-15(7-3)13-18(17)14-16(8-4)12-10-6-2;1-3-4(5)6-2/h15-16,18H,5-14H2,1-4H3;3H,1H2,2H3. The van der Waals surface area contributed by atoms with Gasteiger partial charge < -0.3 is 9.30 Å². The first kappa shape index (κ1) is 25.7. The summed E-state index contributed by atoms with van der Waals surface area (Å²) in [6.45, 7) is 12.2. The molecule has 0 amide bonds. The molecule has 0 heterocycles. The molecule has 0 aromatic rings. The van der Waals surface area contributed by atoms with E-state index >= 15 is 0 Å². The lowest BCUT2D eigenvalue weighted by Crippen LogP contribution is -2.07.